The number of nitrogens with one attached hydrogen (secondary N) is 3. The molecule has 0 fully saturated rings. The van der Waals surface area contributed by atoms with Gasteiger partial charge in [-0.1, -0.05) is 0 Å². The van der Waals surface area contributed by atoms with Crippen LogP contribution in [0.25, 0.3) is 11.0 Å². The SMILES string of the molecule is O=c1[nH]c2ccc(NCC(O)CCl)cc2[nH]1. The minimum absolute atomic E-state index is 0.191. The van der Waals surface area contributed by atoms with E-state index in [2.05, 4.69) is 15.3 Å². The van der Waals surface area contributed by atoms with Crippen LogP contribution in [0.2, 0.25) is 0 Å². The van der Waals surface area contributed by atoms with Gasteiger partial charge in [0.1, 0.15) is 0 Å². The Morgan fingerprint density at radius 3 is 2.88 bits per heavy atom. The van der Waals surface area contributed by atoms with Crippen LogP contribution in [0.4, 0.5) is 5.69 Å². The average molecular weight is 242 g/mol. The van der Waals surface area contributed by atoms with Gasteiger partial charge >= 0.3 is 5.69 Å². The minimum atomic E-state index is -0.581. The summed E-state index contributed by atoms with van der Waals surface area (Å²) in [6.07, 6.45) is -0.581. The Bertz CT molecular complexity index is 534. The van der Waals surface area contributed by atoms with Gasteiger partial charge < -0.3 is 20.4 Å². The van der Waals surface area contributed by atoms with Crippen LogP contribution in [0.3, 0.4) is 0 Å². The van der Waals surface area contributed by atoms with Crippen molar-refractivity contribution in [3.05, 3.63) is 28.7 Å². The molecule has 0 saturated heterocycles. The molecule has 16 heavy (non-hydrogen) atoms. The largest absolute Gasteiger partial charge is 0.390 e. The molecule has 0 aliphatic heterocycles. The van der Waals surface area contributed by atoms with Crippen LogP contribution in [0.1, 0.15) is 0 Å². The van der Waals surface area contributed by atoms with Gasteiger partial charge in [0, 0.05) is 12.2 Å². The number of hydrogen-bond acceptors (Lipinski definition) is 3. The lowest BCUT2D eigenvalue weighted by atomic mass is 10.2. The highest BCUT2D eigenvalue weighted by molar-refractivity contribution is 6.18. The maximum absolute atomic E-state index is 11.0. The molecule has 5 nitrogen and oxygen atoms in total. The highest BCUT2D eigenvalue weighted by atomic mass is 35.5. The molecular weight excluding hydrogens is 230 g/mol. The van der Waals surface area contributed by atoms with Crippen LogP contribution < -0.4 is 11.0 Å². The minimum Gasteiger partial charge on any atom is -0.390 e. The summed E-state index contributed by atoms with van der Waals surface area (Å²) < 4.78 is 0. The molecule has 1 aromatic heterocycles. The number of H-pyrrole nitrogens is 2. The van der Waals surface area contributed by atoms with E-state index in [4.69, 9.17) is 11.6 Å². The maximum Gasteiger partial charge on any atom is 0.323 e. The number of aromatic nitrogens is 2. The van der Waals surface area contributed by atoms with Crippen LogP contribution in [-0.2, 0) is 0 Å². The number of benzene rings is 1. The molecule has 0 amide bonds. The predicted octanol–water partition coefficient (Wildman–Crippen LogP) is 0.868. The number of rotatable bonds is 4. The van der Waals surface area contributed by atoms with Gasteiger partial charge in [0.2, 0.25) is 0 Å². The summed E-state index contributed by atoms with van der Waals surface area (Å²) in [5.41, 5.74) is 2.09. The average Bonchev–Trinajstić information content (AvgIpc) is 2.65. The number of fused-ring (bicyclic) bond motifs is 1. The molecule has 1 heterocycles. The van der Waals surface area contributed by atoms with Gasteiger partial charge in [-0.05, 0) is 18.2 Å². The van der Waals surface area contributed by atoms with Gasteiger partial charge in [0.25, 0.3) is 0 Å². The van der Waals surface area contributed by atoms with E-state index in [0.717, 1.165) is 16.7 Å². The molecule has 4 N–H and O–H groups in total. The molecule has 2 rings (SSSR count). The number of anilines is 1. The Hall–Kier alpha value is -1.46. The molecule has 1 atom stereocenters. The van der Waals surface area contributed by atoms with Crippen LogP contribution in [0.5, 0.6) is 0 Å². The molecular formula is C10H12ClN3O2. The lowest BCUT2D eigenvalue weighted by molar-refractivity contribution is 0.211. The standard InChI is InChI=1S/C10H12ClN3O2/c11-4-7(15)5-12-6-1-2-8-9(3-6)14-10(16)13-8/h1-3,7,12,15H,4-5H2,(H2,13,14,16). The monoisotopic (exact) mass is 241 g/mol. The Balaban J connectivity index is 2.16. The second kappa shape index (κ2) is 4.59. The zero-order valence-electron chi connectivity index (χ0n) is 8.46. The summed E-state index contributed by atoms with van der Waals surface area (Å²) in [5, 5.41) is 12.3. The molecule has 6 heteroatoms. The maximum atomic E-state index is 11.0. The summed E-state index contributed by atoms with van der Waals surface area (Å²) in [7, 11) is 0. The van der Waals surface area contributed by atoms with Crippen molar-refractivity contribution in [3.8, 4) is 0 Å². The zero-order valence-corrected chi connectivity index (χ0v) is 9.21. The summed E-state index contributed by atoms with van der Waals surface area (Å²) in [6.45, 7) is 0.379. The highest BCUT2D eigenvalue weighted by Gasteiger charge is 2.03. The third kappa shape index (κ3) is 2.37. The fraction of sp³-hybridized carbons (Fsp3) is 0.300. The fourth-order valence-electron chi connectivity index (χ4n) is 1.43. The van der Waals surface area contributed by atoms with E-state index in [9.17, 15) is 9.90 Å². The van der Waals surface area contributed by atoms with Crippen molar-refractivity contribution < 1.29 is 5.11 Å². The second-order valence-electron chi connectivity index (χ2n) is 3.53. The van der Waals surface area contributed by atoms with Crippen LogP contribution in [0.15, 0.2) is 23.0 Å². The summed E-state index contributed by atoms with van der Waals surface area (Å²) >= 11 is 5.47. The van der Waals surface area contributed by atoms with Gasteiger partial charge in [-0.25, -0.2) is 4.79 Å². The fourth-order valence-corrected chi connectivity index (χ4v) is 1.54. The van der Waals surface area contributed by atoms with Crippen LogP contribution >= 0.6 is 11.6 Å². The van der Waals surface area contributed by atoms with E-state index in [1.165, 1.54) is 0 Å². The molecule has 0 radical (unpaired) electrons. The number of alkyl halides is 1. The van der Waals surface area contributed by atoms with Crippen molar-refractivity contribution in [2.45, 2.75) is 6.10 Å². The van der Waals surface area contributed by atoms with Crippen molar-refractivity contribution in [1.29, 1.82) is 0 Å². The lowest BCUT2D eigenvalue weighted by Gasteiger charge is -2.09. The summed E-state index contributed by atoms with van der Waals surface area (Å²) in [4.78, 5) is 16.3. The van der Waals surface area contributed by atoms with E-state index in [-0.39, 0.29) is 11.6 Å². The topological polar surface area (TPSA) is 80.9 Å². The van der Waals surface area contributed by atoms with Crippen molar-refractivity contribution in [2.75, 3.05) is 17.7 Å². The quantitative estimate of drug-likeness (QED) is 0.600. The highest BCUT2D eigenvalue weighted by Crippen LogP contribution is 2.14. The Labute approximate surface area is 96.4 Å². The third-order valence-electron chi connectivity index (χ3n) is 2.24. The Morgan fingerprint density at radius 1 is 1.38 bits per heavy atom. The first-order valence-electron chi connectivity index (χ1n) is 4.89. The van der Waals surface area contributed by atoms with Crippen molar-refractivity contribution in [3.63, 3.8) is 0 Å². The number of aromatic amines is 2. The molecule has 0 aliphatic carbocycles. The van der Waals surface area contributed by atoms with E-state index in [0.29, 0.717) is 6.54 Å². The van der Waals surface area contributed by atoms with Crippen molar-refractivity contribution in [1.82, 2.24) is 9.97 Å². The Kier molecular flexibility index (Phi) is 3.17. The van der Waals surface area contributed by atoms with Gasteiger partial charge in [-0.2, -0.15) is 0 Å². The molecule has 1 aromatic carbocycles. The number of imidazole rings is 1. The lowest BCUT2D eigenvalue weighted by Crippen LogP contribution is -2.20. The predicted molar refractivity (Wildman–Crippen MR) is 64.1 cm³/mol. The Morgan fingerprint density at radius 2 is 2.12 bits per heavy atom. The smallest absolute Gasteiger partial charge is 0.323 e. The molecule has 0 bridgehead atoms. The number of aliphatic hydroxyl groups is 1. The number of halogens is 1. The molecule has 1 unspecified atom stereocenters. The van der Waals surface area contributed by atoms with E-state index >= 15 is 0 Å². The normalized spacial score (nSPS) is 12.9. The van der Waals surface area contributed by atoms with E-state index in [1.54, 1.807) is 12.1 Å². The second-order valence-corrected chi connectivity index (χ2v) is 3.84. The van der Waals surface area contributed by atoms with Gasteiger partial charge in [0.05, 0.1) is 23.0 Å². The van der Waals surface area contributed by atoms with Gasteiger partial charge in [0.15, 0.2) is 0 Å². The number of aliphatic hydroxyl groups excluding tert-OH is 1. The first-order valence-corrected chi connectivity index (χ1v) is 5.42. The van der Waals surface area contributed by atoms with Crippen LogP contribution in [0, 0.1) is 0 Å². The van der Waals surface area contributed by atoms with Crippen LogP contribution in [-0.4, -0.2) is 33.6 Å². The first kappa shape index (κ1) is 11.0. The molecule has 86 valence electrons. The van der Waals surface area contributed by atoms with E-state index < -0.39 is 6.10 Å². The summed E-state index contributed by atoms with van der Waals surface area (Å²) in [5.74, 6) is 0.191. The van der Waals surface area contributed by atoms with Crippen molar-refractivity contribution in [2.24, 2.45) is 0 Å². The first-order chi connectivity index (χ1) is 7.69. The summed E-state index contributed by atoms with van der Waals surface area (Å²) in [6, 6.07) is 5.42. The van der Waals surface area contributed by atoms with Gasteiger partial charge in [-0.3, -0.25) is 0 Å². The third-order valence-corrected chi connectivity index (χ3v) is 2.59. The molecule has 2 aromatic rings. The molecule has 0 aliphatic rings. The van der Waals surface area contributed by atoms with Crippen molar-refractivity contribution >= 4 is 28.3 Å². The van der Waals surface area contributed by atoms with E-state index in [1.807, 2.05) is 6.07 Å². The molecule has 0 spiro atoms. The number of hydrogen-bond donors (Lipinski definition) is 4. The zero-order chi connectivity index (χ0) is 11.5. The van der Waals surface area contributed by atoms with Gasteiger partial charge in [-0.15, -0.1) is 11.6 Å². The molecule has 0 saturated carbocycles.